The number of benzene rings is 1. The molecule has 2 aromatic rings. The van der Waals surface area contributed by atoms with Gasteiger partial charge in [0.1, 0.15) is 11.3 Å². The van der Waals surface area contributed by atoms with Crippen LogP contribution in [0.1, 0.15) is 5.76 Å². The first-order chi connectivity index (χ1) is 9.58. The minimum Gasteiger partial charge on any atom is -0.461 e. The highest BCUT2D eigenvalue weighted by Crippen LogP contribution is 2.22. The molecule has 0 aliphatic carbocycles. The van der Waals surface area contributed by atoms with Crippen molar-refractivity contribution in [2.75, 3.05) is 39.2 Å². The third kappa shape index (κ3) is 3.82. The smallest absolute Gasteiger partial charge is 0.238 e. The maximum atomic E-state index is 11.9. The molecule has 0 bridgehead atoms. The number of furan rings is 1. The molecular weight excluding hydrogens is 256 g/mol. The quantitative estimate of drug-likeness (QED) is 0.879. The summed E-state index contributed by atoms with van der Waals surface area (Å²) in [5.74, 6) is 0.825. The average Bonchev–Trinajstić information content (AvgIpc) is 2.75. The molecule has 0 aliphatic rings. The number of nitrogens with one attached hydrogen (secondary N) is 1. The van der Waals surface area contributed by atoms with Crippen molar-refractivity contribution in [1.82, 2.24) is 4.90 Å². The van der Waals surface area contributed by atoms with Crippen LogP contribution >= 0.6 is 0 Å². The van der Waals surface area contributed by atoms with Gasteiger partial charge in [-0.1, -0.05) is 0 Å². The van der Waals surface area contributed by atoms with Crippen molar-refractivity contribution in [2.24, 2.45) is 0 Å². The Morgan fingerprint density at radius 3 is 2.95 bits per heavy atom. The van der Waals surface area contributed by atoms with E-state index < -0.39 is 0 Å². The van der Waals surface area contributed by atoms with E-state index in [9.17, 15) is 4.79 Å². The fourth-order valence-electron chi connectivity index (χ4n) is 2.03. The number of hydrogen-bond donors (Lipinski definition) is 1. The second-order valence-electron chi connectivity index (χ2n) is 4.89. The molecule has 1 aromatic carbocycles. The van der Waals surface area contributed by atoms with E-state index in [2.05, 4.69) is 5.32 Å². The van der Waals surface area contributed by atoms with E-state index in [0.717, 1.165) is 29.0 Å². The fourth-order valence-corrected chi connectivity index (χ4v) is 2.03. The highest BCUT2D eigenvalue weighted by Gasteiger charge is 2.08. The first-order valence-corrected chi connectivity index (χ1v) is 6.56. The summed E-state index contributed by atoms with van der Waals surface area (Å²) >= 11 is 0. The summed E-state index contributed by atoms with van der Waals surface area (Å²) in [6, 6.07) is 7.58. The maximum absolute atomic E-state index is 11.9. The monoisotopic (exact) mass is 276 g/mol. The summed E-state index contributed by atoms with van der Waals surface area (Å²) < 4.78 is 10.5. The van der Waals surface area contributed by atoms with Crippen LogP contribution in [0.3, 0.4) is 0 Å². The Hall–Kier alpha value is -1.85. The number of fused-ring (bicyclic) bond motifs is 1. The van der Waals surface area contributed by atoms with Gasteiger partial charge in [-0.25, -0.2) is 0 Å². The normalized spacial score (nSPS) is 11.2. The van der Waals surface area contributed by atoms with Gasteiger partial charge in [-0.15, -0.1) is 0 Å². The first-order valence-electron chi connectivity index (χ1n) is 6.56. The number of rotatable bonds is 6. The van der Waals surface area contributed by atoms with Crippen molar-refractivity contribution < 1.29 is 13.9 Å². The first kappa shape index (κ1) is 14.6. The number of likely N-dealkylation sites (N-methyl/N-ethyl adjacent to an activating group) is 1. The van der Waals surface area contributed by atoms with Crippen molar-refractivity contribution in [2.45, 2.75) is 6.92 Å². The molecule has 1 amide bonds. The molecule has 20 heavy (non-hydrogen) atoms. The SMILES string of the molecule is COCCN(C)CC(=O)Nc1ccc2oc(C)cc2c1. The molecule has 5 nitrogen and oxygen atoms in total. The third-order valence-corrected chi connectivity index (χ3v) is 3.01. The molecule has 0 unspecified atom stereocenters. The summed E-state index contributed by atoms with van der Waals surface area (Å²) in [6.07, 6.45) is 0. The molecule has 0 saturated heterocycles. The molecule has 0 aliphatic heterocycles. The molecule has 0 spiro atoms. The summed E-state index contributed by atoms with van der Waals surface area (Å²) in [5, 5.41) is 3.88. The van der Waals surface area contributed by atoms with Gasteiger partial charge in [0, 0.05) is 24.7 Å². The van der Waals surface area contributed by atoms with E-state index in [1.807, 2.05) is 43.1 Å². The van der Waals surface area contributed by atoms with Crippen LogP contribution < -0.4 is 5.32 Å². The lowest BCUT2D eigenvalue weighted by Gasteiger charge is -2.15. The van der Waals surface area contributed by atoms with Crippen molar-refractivity contribution in [3.8, 4) is 0 Å². The largest absolute Gasteiger partial charge is 0.461 e. The topological polar surface area (TPSA) is 54.7 Å². The molecule has 1 N–H and O–H groups in total. The molecule has 0 radical (unpaired) electrons. The Morgan fingerprint density at radius 1 is 1.40 bits per heavy atom. The Labute approximate surface area is 118 Å². The second-order valence-corrected chi connectivity index (χ2v) is 4.89. The maximum Gasteiger partial charge on any atom is 0.238 e. The number of aryl methyl sites for hydroxylation is 1. The van der Waals surface area contributed by atoms with Crippen LogP contribution in [0, 0.1) is 6.92 Å². The number of amides is 1. The summed E-state index contributed by atoms with van der Waals surface area (Å²) in [7, 11) is 3.54. The van der Waals surface area contributed by atoms with Crippen LogP contribution in [0.5, 0.6) is 0 Å². The molecule has 1 aromatic heterocycles. The van der Waals surface area contributed by atoms with Gasteiger partial charge >= 0.3 is 0 Å². The summed E-state index contributed by atoms with van der Waals surface area (Å²) in [5.41, 5.74) is 1.61. The molecule has 0 saturated carbocycles. The molecule has 0 atom stereocenters. The van der Waals surface area contributed by atoms with Crippen molar-refractivity contribution >= 4 is 22.6 Å². The lowest BCUT2D eigenvalue weighted by Crippen LogP contribution is -2.32. The van der Waals surface area contributed by atoms with Crippen LogP contribution in [0.4, 0.5) is 5.69 Å². The van der Waals surface area contributed by atoms with E-state index >= 15 is 0 Å². The highest BCUT2D eigenvalue weighted by atomic mass is 16.5. The van der Waals surface area contributed by atoms with Gasteiger partial charge in [0.15, 0.2) is 0 Å². The highest BCUT2D eigenvalue weighted by molar-refractivity contribution is 5.94. The Bertz CT molecular complexity index is 592. The molecule has 5 heteroatoms. The van der Waals surface area contributed by atoms with Gasteiger partial charge in [-0.2, -0.15) is 0 Å². The zero-order chi connectivity index (χ0) is 14.5. The molecule has 2 rings (SSSR count). The van der Waals surface area contributed by atoms with Crippen LogP contribution in [0.25, 0.3) is 11.0 Å². The molecule has 1 heterocycles. The van der Waals surface area contributed by atoms with Crippen LogP contribution in [-0.2, 0) is 9.53 Å². The minimum absolute atomic E-state index is 0.0387. The third-order valence-electron chi connectivity index (χ3n) is 3.01. The number of ether oxygens (including phenoxy) is 1. The molecule has 108 valence electrons. The van der Waals surface area contributed by atoms with E-state index in [1.165, 1.54) is 0 Å². The number of methoxy groups -OCH3 is 1. The Kier molecular flexibility index (Phi) is 4.76. The lowest BCUT2D eigenvalue weighted by molar-refractivity contribution is -0.117. The van der Waals surface area contributed by atoms with Gasteiger partial charge in [-0.05, 0) is 38.2 Å². The summed E-state index contributed by atoms with van der Waals surface area (Å²) in [6.45, 7) is 3.59. The fraction of sp³-hybridized carbons (Fsp3) is 0.400. The number of nitrogens with zero attached hydrogens (tertiary/aromatic N) is 1. The van der Waals surface area contributed by atoms with E-state index in [0.29, 0.717) is 13.2 Å². The number of anilines is 1. The minimum atomic E-state index is -0.0387. The Morgan fingerprint density at radius 2 is 2.20 bits per heavy atom. The lowest BCUT2D eigenvalue weighted by atomic mass is 10.2. The standard InChI is InChI=1S/C15H20N2O3/c1-11-8-12-9-13(4-5-14(12)20-11)16-15(18)10-17(2)6-7-19-3/h4-5,8-9H,6-7,10H2,1-3H3,(H,16,18). The number of carbonyl (C=O) groups excluding carboxylic acids is 1. The predicted molar refractivity (Wildman–Crippen MR) is 79.0 cm³/mol. The van der Waals surface area contributed by atoms with Crippen molar-refractivity contribution in [3.63, 3.8) is 0 Å². The zero-order valence-corrected chi connectivity index (χ0v) is 12.1. The van der Waals surface area contributed by atoms with Crippen molar-refractivity contribution in [1.29, 1.82) is 0 Å². The predicted octanol–water partition coefficient (Wildman–Crippen LogP) is 2.26. The second kappa shape index (κ2) is 6.54. The van der Waals surface area contributed by atoms with E-state index in [4.69, 9.17) is 9.15 Å². The molecular formula is C15H20N2O3. The average molecular weight is 276 g/mol. The van der Waals surface area contributed by atoms with Crippen molar-refractivity contribution in [3.05, 3.63) is 30.0 Å². The van der Waals surface area contributed by atoms with Gasteiger partial charge < -0.3 is 14.5 Å². The number of hydrogen-bond acceptors (Lipinski definition) is 4. The zero-order valence-electron chi connectivity index (χ0n) is 12.1. The van der Waals surface area contributed by atoms with Gasteiger partial charge in [0.2, 0.25) is 5.91 Å². The van der Waals surface area contributed by atoms with Crippen LogP contribution in [-0.4, -0.2) is 44.7 Å². The van der Waals surface area contributed by atoms with Crippen LogP contribution in [0.15, 0.2) is 28.7 Å². The van der Waals surface area contributed by atoms with Gasteiger partial charge in [0.05, 0.1) is 13.2 Å². The van der Waals surface area contributed by atoms with Gasteiger partial charge in [0.25, 0.3) is 0 Å². The van der Waals surface area contributed by atoms with E-state index in [1.54, 1.807) is 7.11 Å². The van der Waals surface area contributed by atoms with Gasteiger partial charge in [-0.3, -0.25) is 9.69 Å². The van der Waals surface area contributed by atoms with Crippen LogP contribution in [0.2, 0.25) is 0 Å². The summed E-state index contributed by atoms with van der Waals surface area (Å²) in [4.78, 5) is 13.8. The Balaban J connectivity index is 1.95. The molecule has 0 fully saturated rings. The van der Waals surface area contributed by atoms with E-state index in [-0.39, 0.29) is 5.91 Å². The number of carbonyl (C=O) groups is 1.